The number of anilines is 1. The van der Waals surface area contributed by atoms with Gasteiger partial charge in [-0.15, -0.1) is 0 Å². The van der Waals surface area contributed by atoms with Crippen LogP contribution in [0.2, 0.25) is 0 Å². The lowest BCUT2D eigenvalue weighted by atomic mass is 10.2. The lowest BCUT2D eigenvalue weighted by Gasteiger charge is -2.12. The van der Waals surface area contributed by atoms with E-state index in [0.29, 0.717) is 5.76 Å². The molecule has 0 aliphatic heterocycles. The number of aryl methyl sites for hydroxylation is 2. The van der Waals surface area contributed by atoms with Gasteiger partial charge in [-0.1, -0.05) is 18.2 Å². The highest BCUT2D eigenvalue weighted by Crippen LogP contribution is 2.15. The lowest BCUT2D eigenvalue weighted by Crippen LogP contribution is -2.32. The number of carbonyl (C=O) groups excluding carboxylic acids is 1. The number of aliphatic hydroxyl groups excluding tert-OH is 1. The number of urea groups is 1. The molecule has 5 heteroatoms. The fraction of sp³-hybridized carbons (Fsp3) is 0.267. The van der Waals surface area contributed by atoms with Crippen molar-refractivity contribution < 1.29 is 14.3 Å². The molecule has 1 unspecified atom stereocenters. The first kappa shape index (κ1) is 14.1. The number of rotatable bonds is 4. The Morgan fingerprint density at radius 3 is 2.65 bits per heavy atom. The molecule has 106 valence electrons. The summed E-state index contributed by atoms with van der Waals surface area (Å²) >= 11 is 0. The van der Waals surface area contributed by atoms with E-state index in [4.69, 9.17) is 4.42 Å². The maximum absolute atomic E-state index is 11.7. The van der Waals surface area contributed by atoms with Crippen LogP contribution in [-0.4, -0.2) is 17.7 Å². The maximum atomic E-state index is 11.7. The number of amides is 2. The Bertz CT molecular complexity index is 592. The van der Waals surface area contributed by atoms with Crippen LogP contribution in [0.3, 0.4) is 0 Å². The van der Waals surface area contributed by atoms with Gasteiger partial charge in [0.25, 0.3) is 0 Å². The number of nitrogens with one attached hydrogen (secondary N) is 2. The molecule has 1 aromatic heterocycles. The predicted octanol–water partition coefficient (Wildman–Crippen LogP) is 2.75. The van der Waals surface area contributed by atoms with Crippen molar-refractivity contribution in [2.45, 2.75) is 20.0 Å². The zero-order valence-corrected chi connectivity index (χ0v) is 11.5. The second kappa shape index (κ2) is 6.25. The summed E-state index contributed by atoms with van der Waals surface area (Å²) in [7, 11) is 0. The van der Waals surface area contributed by atoms with Crippen LogP contribution in [0.15, 0.2) is 40.8 Å². The van der Waals surface area contributed by atoms with Crippen LogP contribution >= 0.6 is 0 Å². The van der Waals surface area contributed by atoms with Gasteiger partial charge in [0.05, 0.1) is 6.54 Å². The van der Waals surface area contributed by atoms with Crippen molar-refractivity contribution in [2.75, 3.05) is 11.9 Å². The topological polar surface area (TPSA) is 74.5 Å². The van der Waals surface area contributed by atoms with E-state index in [1.54, 1.807) is 19.1 Å². The molecule has 0 saturated heterocycles. The summed E-state index contributed by atoms with van der Waals surface area (Å²) in [4.78, 5) is 11.7. The SMILES string of the molecule is Cc1ccc(C(O)CNC(=O)Nc2ccccc2C)o1. The zero-order valence-electron chi connectivity index (χ0n) is 11.5. The molecule has 0 aliphatic rings. The third kappa shape index (κ3) is 3.61. The molecule has 0 fully saturated rings. The van der Waals surface area contributed by atoms with Crippen molar-refractivity contribution in [3.63, 3.8) is 0 Å². The van der Waals surface area contributed by atoms with E-state index >= 15 is 0 Å². The number of para-hydroxylation sites is 1. The van der Waals surface area contributed by atoms with Gasteiger partial charge >= 0.3 is 6.03 Å². The summed E-state index contributed by atoms with van der Waals surface area (Å²) in [5, 5.41) is 15.2. The van der Waals surface area contributed by atoms with Gasteiger partial charge in [-0.2, -0.15) is 0 Å². The summed E-state index contributed by atoms with van der Waals surface area (Å²) in [5.74, 6) is 1.17. The van der Waals surface area contributed by atoms with Crippen LogP contribution in [0, 0.1) is 13.8 Å². The summed E-state index contributed by atoms with van der Waals surface area (Å²) in [6, 6.07) is 10.6. The maximum Gasteiger partial charge on any atom is 0.319 e. The monoisotopic (exact) mass is 274 g/mol. The van der Waals surface area contributed by atoms with E-state index < -0.39 is 6.10 Å². The van der Waals surface area contributed by atoms with E-state index in [2.05, 4.69) is 10.6 Å². The third-order valence-electron chi connectivity index (χ3n) is 2.94. The first-order chi connectivity index (χ1) is 9.56. The number of aliphatic hydroxyl groups is 1. The lowest BCUT2D eigenvalue weighted by molar-refractivity contribution is 0.148. The van der Waals surface area contributed by atoms with Gasteiger partial charge < -0.3 is 20.2 Å². The second-order valence-electron chi connectivity index (χ2n) is 4.61. The van der Waals surface area contributed by atoms with Gasteiger partial charge in [0.1, 0.15) is 17.6 Å². The van der Waals surface area contributed by atoms with Gasteiger partial charge in [-0.05, 0) is 37.6 Å². The van der Waals surface area contributed by atoms with E-state index in [1.165, 1.54) is 0 Å². The Morgan fingerprint density at radius 1 is 1.25 bits per heavy atom. The summed E-state index contributed by atoms with van der Waals surface area (Å²) < 4.78 is 5.29. The molecule has 1 atom stereocenters. The first-order valence-corrected chi connectivity index (χ1v) is 6.41. The fourth-order valence-electron chi connectivity index (χ4n) is 1.80. The standard InChI is InChI=1S/C15H18N2O3/c1-10-5-3-4-6-12(10)17-15(19)16-9-13(18)14-8-7-11(2)20-14/h3-8,13,18H,9H2,1-2H3,(H2,16,17,19). The molecule has 0 saturated carbocycles. The van der Waals surface area contributed by atoms with E-state index in [-0.39, 0.29) is 12.6 Å². The van der Waals surface area contributed by atoms with Crippen LogP contribution in [0.1, 0.15) is 23.2 Å². The average Bonchev–Trinajstić information content (AvgIpc) is 2.85. The Labute approximate surface area is 117 Å². The zero-order chi connectivity index (χ0) is 14.5. The summed E-state index contributed by atoms with van der Waals surface area (Å²) in [6.07, 6.45) is -0.855. The van der Waals surface area contributed by atoms with Crippen molar-refractivity contribution >= 4 is 11.7 Å². The quantitative estimate of drug-likeness (QED) is 0.802. The minimum absolute atomic E-state index is 0.0880. The van der Waals surface area contributed by atoms with Gasteiger partial charge in [0.2, 0.25) is 0 Å². The van der Waals surface area contributed by atoms with Gasteiger partial charge in [-0.3, -0.25) is 0 Å². The molecule has 0 bridgehead atoms. The number of benzene rings is 1. The highest BCUT2D eigenvalue weighted by atomic mass is 16.4. The summed E-state index contributed by atoms with van der Waals surface area (Å²) in [5.41, 5.74) is 1.72. The van der Waals surface area contributed by atoms with Crippen LogP contribution in [-0.2, 0) is 0 Å². The molecule has 1 heterocycles. The molecule has 20 heavy (non-hydrogen) atoms. The van der Waals surface area contributed by atoms with E-state index in [1.807, 2.05) is 31.2 Å². The van der Waals surface area contributed by atoms with Crippen molar-refractivity contribution in [1.82, 2.24) is 5.32 Å². The van der Waals surface area contributed by atoms with Crippen LogP contribution < -0.4 is 10.6 Å². The number of furan rings is 1. The van der Waals surface area contributed by atoms with Crippen LogP contribution in [0.5, 0.6) is 0 Å². The van der Waals surface area contributed by atoms with Crippen molar-refractivity contribution in [1.29, 1.82) is 0 Å². The Hall–Kier alpha value is -2.27. The van der Waals surface area contributed by atoms with Crippen LogP contribution in [0.4, 0.5) is 10.5 Å². The number of carbonyl (C=O) groups is 1. The molecule has 5 nitrogen and oxygen atoms in total. The Balaban J connectivity index is 1.85. The molecule has 2 aromatic rings. The molecule has 3 N–H and O–H groups in total. The minimum Gasteiger partial charge on any atom is -0.464 e. The number of hydrogen-bond donors (Lipinski definition) is 3. The molecule has 0 radical (unpaired) electrons. The molecule has 0 aliphatic carbocycles. The van der Waals surface area contributed by atoms with Gasteiger partial charge in [0.15, 0.2) is 0 Å². The van der Waals surface area contributed by atoms with Gasteiger partial charge in [0, 0.05) is 5.69 Å². The third-order valence-corrected chi connectivity index (χ3v) is 2.94. The van der Waals surface area contributed by atoms with Gasteiger partial charge in [-0.25, -0.2) is 4.79 Å². The molecule has 1 aromatic carbocycles. The normalized spacial score (nSPS) is 11.9. The van der Waals surface area contributed by atoms with Crippen molar-refractivity contribution in [3.05, 3.63) is 53.5 Å². The molecular formula is C15H18N2O3. The fourth-order valence-corrected chi connectivity index (χ4v) is 1.80. The molecule has 2 amide bonds. The summed E-state index contributed by atoms with van der Waals surface area (Å²) in [6.45, 7) is 3.80. The number of hydrogen-bond acceptors (Lipinski definition) is 3. The Kier molecular flexibility index (Phi) is 4.42. The average molecular weight is 274 g/mol. The highest BCUT2D eigenvalue weighted by Gasteiger charge is 2.13. The molecular weight excluding hydrogens is 256 g/mol. The second-order valence-corrected chi connectivity index (χ2v) is 4.61. The Morgan fingerprint density at radius 2 is 2.00 bits per heavy atom. The highest BCUT2D eigenvalue weighted by molar-refractivity contribution is 5.90. The van der Waals surface area contributed by atoms with Crippen molar-refractivity contribution in [2.24, 2.45) is 0 Å². The van der Waals surface area contributed by atoms with Crippen LogP contribution in [0.25, 0.3) is 0 Å². The van der Waals surface area contributed by atoms with E-state index in [0.717, 1.165) is 17.0 Å². The largest absolute Gasteiger partial charge is 0.464 e. The smallest absolute Gasteiger partial charge is 0.319 e. The molecule has 0 spiro atoms. The molecule has 2 rings (SSSR count). The van der Waals surface area contributed by atoms with E-state index in [9.17, 15) is 9.90 Å². The first-order valence-electron chi connectivity index (χ1n) is 6.41. The minimum atomic E-state index is -0.855. The predicted molar refractivity (Wildman–Crippen MR) is 76.6 cm³/mol. The van der Waals surface area contributed by atoms with Crippen molar-refractivity contribution in [3.8, 4) is 0 Å².